The quantitative estimate of drug-likeness (QED) is 0.879. The third kappa shape index (κ3) is 3.98. The first-order valence-electron chi connectivity index (χ1n) is 5.95. The molecule has 1 saturated heterocycles. The maximum absolute atomic E-state index is 11.8. The Labute approximate surface area is 114 Å². The molecule has 1 heterocycles. The Bertz CT molecular complexity index is 375. The van der Waals surface area contributed by atoms with Crippen molar-refractivity contribution < 1.29 is 9.53 Å². The molecule has 1 atom stereocenters. The van der Waals surface area contributed by atoms with Crippen LogP contribution in [0.5, 0.6) is 0 Å². The second kappa shape index (κ2) is 7.36. The molecule has 0 aliphatic carbocycles. The summed E-state index contributed by atoms with van der Waals surface area (Å²) in [6.45, 7) is 1.53. The maximum atomic E-state index is 11.8. The number of benzene rings is 1. The molecule has 18 heavy (non-hydrogen) atoms. The first-order valence-corrected chi connectivity index (χ1v) is 5.95. The van der Waals surface area contributed by atoms with Gasteiger partial charge in [0.1, 0.15) is 6.10 Å². The molecule has 4 nitrogen and oxygen atoms in total. The van der Waals surface area contributed by atoms with E-state index in [2.05, 4.69) is 10.6 Å². The van der Waals surface area contributed by atoms with E-state index in [0.29, 0.717) is 6.61 Å². The van der Waals surface area contributed by atoms with E-state index < -0.39 is 0 Å². The van der Waals surface area contributed by atoms with Crippen molar-refractivity contribution in [1.82, 2.24) is 5.32 Å². The standard InChI is InChI=1S/C13H18N2O2.ClH/c1-14-9-10-4-6-11(7-5-10)15-13(16)12-3-2-8-17-12;/h4-7,12,14H,2-3,8-9H2,1H3,(H,15,16);1H. The van der Waals surface area contributed by atoms with Gasteiger partial charge in [-0.25, -0.2) is 0 Å². The highest BCUT2D eigenvalue weighted by Crippen LogP contribution is 2.15. The van der Waals surface area contributed by atoms with Crippen LogP contribution < -0.4 is 10.6 Å². The minimum absolute atomic E-state index is 0. The van der Waals surface area contributed by atoms with Crippen molar-refractivity contribution in [2.45, 2.75) is 25.5 Å². The summed E-state index contributed by atoms with van der Waals surface area (Å²) in [7, 11) is 1.91. The van der Waals surface area contributed by atoms with Crippen LogP contribution in [-0.2, 0) is 16.1 Å². The van der Waals surface area contributed by atoms with Gasteiger partial charge in [-0.1, -0.05) is 12.1 Å². The zero-order valence-electron chi connectivity index (χ0n) is 10.4. The molecule has 0 saturated carbocycles. The average molecular weight is 271 g/mol. The Morgan fingerprint density at radius 1 is 1.39 bits per heavy atom. The maximum Gasteiger partial charge on any atom is 0.253 e. The summed E-state index contributed by atoms with van der Waals surface area (Å²) in [5.41, 5.74) is 2.02. The van der Waals surface area contributed by atoms with Crippen LogP contribution in [0.2, 0.25) is 0 Å². The van der Waals surface area contributed by atoms with Crippen molar-refractivity contribution in [2.24, 2.45) is 0 Å². The molecule has 1 fully saturated rings. The Kier molecular flexibility index (Phi) is 6.12. The summed E-state index contributed by atoms with van der Waals surface area (Å²) in [4.78, 5) is 11.8. The molecule has 100 valence electrons. The van der Waals surface area contributed by atoms with Gasteiger partial charge in [0.15, 0.2) is 0 Å². The summed E-state index contributed by atoms with van der Waals surface area (Å²) >= 11 is 0. The molecule has 1 aliphatic heterocycles. The van der Waals surface area contributed by atoms with E-state index >= 15 is 0 Å². The number of nitrogens with one attached hydrogen (secondary N) is 2. The first kappa shape index (κ1) is 15.0. The number of hydrogen-bond donors (Lipinski definition) is 2. The normalized spacial score (nSPS) is 18.2. The molecule has 1 amide bonds. The number of carbonyl (C=O) groups excluding carboxylic acids is 1. The van der Waals surface area contributed by atoms with Gasteiger partial charge in [0.2, 0.25) is 0 Å². The van der Waals surface area contributed by atoms with Gasteiger partial charge in [-0.15, -0.1) is 12.4 Å². The number of amides is 1. The molecular formula is C13H19ClN2O2. The fraction of sp³-hybridized carbons (Fsp3) is 0.462. The molecule has 5 heteroatoms. The third-order valence-electron chi connectivity index (χ3n) is 2.82. The van der Waals surface area contributed by atoms with Crippen molar-refractivity contribution in [3.8, 4) is 0 Å². The van der Waals surface area contributed by atoms with E-state index in [1.54, 1.807) is 0 Å². The van der Waals surface area contributed by atoms with Crippen LogP contribution in [0.15, 0.2) is 24.3 Å². The molecule has 1 aromatic carbocycles. The minimum Gasteiger partial charge on any atom is -0.368 e. The lowest BCUT2D eigenvalue weighted by Gasteiger charge is -2.10. The van der Waals surface area contributed by atoms with E-state index in [0.717, 1.165) is 25.1 Å². The lowest BCUT2D eigenvalue weighted by atomic mass is 10.2. The van der Waals surface area contributed by atoms with E-state index in [4.69, 9.17) is 4.74 Å². The summed E-state index contributed by atoms with van der Waals surface area (Å²) < 4.78 is 5.33. The summed E-state index contributed by atoms with van der Waals surface area (Å²) in [6, 6.07) is 7.84. The summed E-state index contributed by atoms with van der Waals surface area (Å²) in [5.74, 6) is -0.0381. The van der Waals surface area contributed by atoms with Crippen molar-refractivity contribution >= 4 is 24.0 Å². The van der Waals surface area contributed by atoms with Crippen LogP contribution in [-0.4, -0.2) is 25.7 Å². The Balaban J connectivity index is 0.00000162. The van der Waals surface area contributed by atoms with Crippen molar-refractivity contribution in [3.63, 3.8) is 0 Å². The van der Waals surface area contributed by atoms with Gasteiger partial charge >= 0.3 is 0 Å². The fourth-order valence-corrected chi connectivity index (χ4v) is 1.92. The second-order valence-corrected chi connectivity index (χ2v) is 4.22. The second-order valence-electron chi connectivity index (χ2n) is 4.22. The van der Waals surface area contributed by atoms with Gasteiger partial charge in [0.25, 0.3) is 5.91 Å². The molecule has 0 spiro atoms. The number of rotatable bonds is 4. The summed E-state index contributed by atoms with van der Waals surface area (Å²) in [6.07, 6.45) is 1.52. The minimum atomic E-state index is -0.271. The Hall–Kier alpha value is -1.10. The predicted octanol–water partition coefficient (Wildman–Crippen LogP) is 1.95. The van der Waals surface area contributed by atoms with E-state index in [9.17, 15) is 4.79 Å². The largest absolute Gasteiger partial charge is 0.368 e. The number of anilines is 1. The van der Waals surface area contributed by atoms with Gasteiger partial charge in [-0.2, -0.15) is 0 Å². The third-order valence-corrected chi connectivity index (χ3v) is 2.82. The van der Waals surface area contributed by atoms with Crippen LogP contribution in [0.25, 0.3) is 0 Å². The van der Waals surface area contributed by atoms with Gasteiger partial charge in [-0.05, 0) is 37.6 Å². The monoisotopic (exact) mass is 270 g/mol. The van der Waals surface area contributed by atoms with Crippen LogP contribution in [0, 0.1) is 0 Å². The Morgan fingerprint density at radius 3 is 2.67 bits per heavy atom. The van der Waals surface area contributed by atoms with Crippen molar-refractivity contribution in [3.05, 3.63) is 29.8 Å². The van der Waals surface area contributed by atoms with Gasteiger partial charge in [0.05, 0.1) is 0 Å². The average Bonchev–Trinajstić information content (AvgIpc) is 2.86. The van der Waals surface area contributed by atoms with Crippen molar-refractivity contribution in [1.29, 1.82) is 0 Å². The zero-order chi connectivity index (χ0) is 12.1. The highest BCUT2D eigenvalue weighted by molar-refractivity contribution is 5.94. The molecule has 2 rings (SSSR count). The molecule has 0 radical (unpaired) electrons. The molecule has 1 aliphatic rings. The number of halogens is 1. The van der Waals surface area contributed by atoms with Crippen LogP contribution in [0.4, 0.5) is 5.69 Å². The van der Waals surface area contributed by atoms with Gasteiger partial charge in [-0.3, -0.25) is 4.79 Å². The van der Waals surface area contributed by atoms with Gasteiger partial charge < -0.3 is 15.4 Å². The van der Waals surface area contributed by atoms with Crippen LogP contribution in [0.1, 0.15) is 18.4 Å². The Morgan fingerprint density at radius 2 is 2.11 bits per heavy atom. The number of ether oxygens (including phenoxy) is 1. The van der Waals surface area contributed by atoms with Crippen molar-refractivity contribution in [2.75, 3.05) is 19.0 Å². The first-order chi connectivity index (χ1) is 8.29. The van der Waals surface area contributed by atoms with Crippen LogP contribution >= 0.6 is 12.4 Å². The summed E-state index contributed by atoms with van der Waals surface area (Å²) in [5, 5.41) is 5.95. The topological polar surface area (TPSA) is 50.4 Å². The molecular weight excluding hydrogens is 252 g/mol. The van der Waals surface area contributed by atoms with Gasteiger partial charge in [0, 0.05) is 18.8 Å². The predicted molar refractivity (Wildman–Crippen MR) is 74.1 cm³/mol. The van der Waals surface area contributed by atoms with E-state index in [-0.39, 0.29) is 24.4 Å². The van der Waals surface area contributed by atoms with E-state index in [1.165, 1.54) is 5.56 Å². The fourth-order valence-electron chi connectivity index (χ4n) is 1.92. The van der Waals surface area contributed by atoms with Crippen LogP contribution in [0.3, 0.4) is 0 Å². The highest BCUT2D eigenvalue weighted by atomic mass is 35.5. The smallest absolute Gasteiger partial charge is 0.253 e. The lowest BCUT2D eigenvalue weighted by Crippen LogP contribution is -2.26. The molecule has 2 N–H and O–H groups in total. The zero-order valence-corrected chi connectivity index (χ0v) is 11.3. The number of carbonyl (C=O) groups is 1. The molecule has 0 bridgehead atoms. The SMILES string of the molecule is CNCc1ccc(NC(=O)C2CCCO2)cc1.Cl. The number of hydrogen-bond acceptors (Lipinski definition) is 3. The highest BCUT2D eigenvalue weighted by Gasteiger charge is 2.23. The molecule has 0 aromatic heterocycles. The lowest BCUT2D eigenvalue weighted by molar-refractivity contribution is -0.124. The van der Waals surface area contributed by atoms with E-state index in [1.807, 2.05) is 31.3 Å². The molecule has 1 unspecified atom stereocenters. The molecule has 1 aromatic rings.